The Morgan fingerprint density at radius 2 is 1.60 bits per heavy atom. The first-order valence-corrected chi connectivity index (χ1v) is 13.5. The molecule has 10 nitrogen and oxygen atoms in total. The van der Waals surface area contributed by atoms with E-state index in [9.17, 15) is 19.7 Å². The minimum atomic E-state index is -0.576. The Balaban J connectivity index is 1.59. The summed E-state index contributed by atoms with van der Waals surface area (Å²) in [5.74, 6) is 0.164. The predicted molar refractivity (Wildman–Crippen MR) is 157 cm³/mol. The molecule has 3 aromatic rings. The smallest absolute Gasteiger partial charge is 0.270 e. The van der Waals surface area contributed by atoms with Crippen molar-refractivity contribution < 1.29 is 19.2 Å². The Bertz CT molecular complexity index is 1400. The molecule has 0 unspecified atom stereocenters. The standard InChI is InChI=1S/C29H32ClN5O5/c1-4-32(5-2)29(37)23-18-20(31-28(36)22-12-11-21(35(38)39)19-24(22)30)10-13-25(23)33-14-16-34(17-15-33)26-8-6-7-9-27(26)40-3/h6-13,18-19H,4-5,14-17H2,1-3H3,(H,31,36). The van der Waals surface area contributed by atoms with Crippen LogP contribution in [0.4, 0.5) is 22.7 Å². The van der Waals surface area contributed by atoms with Gasteiger partial charge in [0.15, 0.2) is 0 Å². The number of piperazine rings is 1. The van der Waals surface area contributed by atoms with Gasteiger partial charge in [0, 0.05) is 62.8 Å². The summed E-state index contributed by atoms with van der Waals surface area (Å²) >= 11 is 6.15. The van der Waals surface area contributed by atoms with E-state index in [2.05, 4.69) is 15.1 Å². The molecule has 1 fully saturated rings. The molecule has 0 aromatic heterocycles. The topological polar surface area (TPSA) is 108 Å². The fourth-order valence-electron chi connectivity index (χ4n) is 4.82. The van der Waals surface area contributed by atoms with Gasteiger partial charge in [0.1, 0.15) is 5.75 Å². The number of methoxy groups -OCH3 is 1. The average molecular weight is 566 g/mol. The monoisotopic (exact) mass is 565 g/mol. The van der Waals surface area contributed by atoms with E-state index < -0.39 is 10.8 Å². The van der Waals surface area contributed by atoms with Crippen LogP contribution in [0.1, 0.15) is 34.6 Å². The first-order valence-electron chi connectivity index (χ1n) is 13.1. The van der Waals surface area contributed by atoms with Gasteiger partial charge in [-0.1, -0.05) is 23.7 Å². The van der Waals surface area contributed by atoms with Crippen molar-refractivity contribution in [3.63, 3.8) is 0 Å². The maximum absolute atomic E-state index is 13.6. The number of benzene rings is 3. The second-order valence-corrected chi connectivity index (χ2v) is 9.64. The Kier molecular flexibility index (Phi) is 9.11. The van der Waals surface area contributed by atoms with Crippen molar-refractivity contribution in [1.82, 2.24) is 4.90 Å². The highest BCUT2D eigenvalue weighted by atomic mass is 35.5. The van der Waals surface area contributed by atoms with Gasteiger partial charge in [-0.15, -0.1) is 0 Å². The highest BCUT2D eigenvalue weighted by molar-refractivity contribution is 6.34. The third kappa shape index (κ3) is 6.12. The number of amides is 2. The van der Waals surface area contributed by atoms with Gasteiger partial charge in [-0.2, -0.15) is 0 Å². The second kappa shape index (κ2) is 12.7. The minimum Gasteiger partial charge on any atom is -0.495 e. The lowest BCUT2D eigenvalue weighted by Gasteiger charge is -2.38. The van der Waals surface area contributed by atoms with Crippen LogP contribution in [0.15, 0.2) is 60.7 Å². The molecule has 0 aliphatic carbocycles. The zero-order chi connectivity index (χ0) is 28.8. The third-order valence-electron chi connectivity index (χ3n) is 6.99. The Morgan fingerprint density at radius 3 is 2.20 bits per heavy atom. The number of nitrogens with zero attached hydrogens (tertiary/aromatic N) is 4. The number of anilines is 3. The molecule has 40 heavy (non-hydrogen) atoms. The number of para-hydroxylation sites is 2. The van der Waals surface area contributed by atoms with Crippen LogP contribution >= 0.6 is 11.6 Å². The molecule has 4 rings (SSSR count). The van der Waals surface area contributed by atoms with Crippen LogP contribution in [0.5, 0.6) is 5.75 Å². The molecule has 0 radical (unpaired) electrons. The van der Waals surface area contributed by atoms with Crippen LogP contribution in [0, 0.1) is 10.1 Å². The van der Waals surface area contributed by atoms with Crippen molar-refractivity contribution in [2.75, 3.05) is 61.5 Å². The average Bonchev–Trinajstić information content (AvgIpc) is 2.97. The molecule has 1 aliphatic rings. The lowest BCUT2D eigenvalue weighted by atomic mass is 10.1. The molecular formula is C29H32ClN5O5. The molecule has 1 heterocycles. The van der Waals surface area contributed by atoms with E-state index in [-0.39, 0.29) is 22.2 Å². The summed E-state index contributed by atoms with van der Waals surface area (Å²) in [5, 5.41) is 13.8. The summed E-state index contributed by atoms with van der Waals surface area (Å²) in [5.41, 5.74) is 2.63. The molecule has 0 atom stereocenters. The Hall–Kier alpha value is -4.31. The number of non-ortho nitro benzene ring substituents is 1. The lowest BCUT2D eigenvalue weighted by molar-refractivity contribution is -0.384. The summed E-state index contributed by atoms with van der Waals surface area (Å²) in [6.45, 7) is 7.83. The number of carbonyl (C=O) groups is 2. The number of rotatable bonds is 9. The largest absolute Gasteiger partial charge is 0.495 e. The number of nitrogens with one attached hydrogen (secondary N) is 1. The third-order valence-corrected chi connectivity index (χ3v) is 7.30. The molecule has 11 heteroatoms. The van der Waals surface area contributed by atoms with E-state index >= 15 is 0 Å². The molecule has 0 saturated carbocycles. The Morgan fingerprint density at radius 1 is 0.950 bits per heavy atom. The Labute approximate surface area is 238 Å². The number of hydrogen-bond donors (Lipinski definition) is 1. The minimum absolute atomic E-state index is 0.0318. The first-order chi connectivity index (χ1) is 19.3. The number of ether oxygens (including phenoxy) is 1. The zero-order valence-electron chi connectivity index (χ0n) is 22.7. The number of halogens is 1. The molecule has 210 valence electrons. The van der Waals surface area contributed by atoms with Gasteiger partial charge in [-0.3, -0.25) is 19.7 Å². The molecule has 2 amide bonds. The maximum Gasteiger partial charge on any atom is 0.270 e. The molecule has 1 aliphatic heterocycles. The molecular weight excluding hydrogens is 534 g/mol. The van der Waals surface area contributed by atoms with E-state index in [4.69, 9.17) is 16.3 Å². The summed E-state index contributed by atoms with van der Waals surface area (Å²) in [6.07, 6.45) is 0. The van der Waals surface area contributed by atoms with E-state index in [0.717, 1.165) is 36.3 Å². The van der Waals surface area contributed by atoms with Crippen LogP contribution in [0.3, 0.4) is 0 Å². The molecule has 3 aromatic carbocycles. The molecule has 1 saturated heterocycles. The summed E-state index contributed by atoms with van der Waals surface area (Å²) in [6, 6.07) is 16.9. The van der Waals surface area contributed by atoms with E-state index in [0.29, 0.717) is 37.4 Å². The number of hydrogen-bond acceptors (Lipinski definition) is 7. The van der Waals surface area contributed by atoms with Crippen molar-refractivity contribution in [3.8, 4) is 5.75 Å². The van der Waals surface area contributed by atoms with Gasteiger partial charge in [0.05, 0.1) is 33.9 Å². The number of carbonyl (C=O) groups excluding carboxylic acids is 2. The highest BCUT2D eigenvalue weighted by Crippen LogP contribution is 2.32. The normalized spacial score (nSPS) is 13.1. The first kappa shape index (κ1) is 28.7. The van der Waals surface area contributed by atoms with Crippen LogP contribution in [-0.2, 0) is 0 Å². The maximum atomic E-state index is 13.6. The van der Waals surface area contributed by atoms with Gasteiger partial charge in [-0.05, 0) is 50.2 Å². The zero-order valence-corrected chi connectivity index (χ0v) is 23.5. The van der Waals surface area contributed by atoms with Crippen LogP contribution in [0.25, 0.3) is 0 Å². The van der Waals surface area contributed by atoms with Crippen molar-refractivity contribution >= 4 is 46.2 Å². The van der Waals surface area contributed by atoms with E-state index in [1.54, 1.807) is 24.1 Å². The van der Waals surface area contributed by atoms with Crippen molar-refractivity contribution in [2.24, 2.45) is 0 Å². The second-order valence-electron chi connectivity index (χ2n) is 9.23. The SMILES string of the molecule is CCN(CC)C(=O)c1cc(NC(=O)c2ccc([N+](=O)[O-])cc2Cl)ccc1N1CCN(c2ccccc2OC)CC1. The van der Waals surface area contributed by atoms with Crippen LogP contribution in [0.2, 0.25) is 5.02 Å². The molecule has 0 spiro atoms. The summed E-state index contributed by atoms with van der Waals surface area (Å²) in [7, 11) is 1.66. The van der Waals surface area contributed by atoms with Gasteiger partial charge in [0.25, 0.3) is 17.5 Å². The number of nitro groups is 1. The van der Waals surface area contributed by atoms with Crippen LogP contribution < -0.4 is 19.9 Å². The summed E-state index contributed by atoms with van der Waals surface area (Å²) < 4.78 is 5.53. The van der Waals surface area contributed by atoms with Crippen molar-refractivity contribution in [2.45, 2.75) is 13.8 Å². The summed E-state index contributed by atoms with van der Waals surface area (Å²) in [4.78, 5) is 43.2. The molecule has 0 bridgehead atoms. The lowest BCUT2D eigenvalue weighted by Crippen LogP contribution is -2.47. The van der Waals surface area contributed by atoms with Gasteiger partial charge < -0.3 is 24.8 Å². The molecule has 1 N–H and O–H groups in total. The quantitative estimate of drug-likeness (QED) is 0.276. The fraction of sp³-hybridized carbons (Fsp3) is 0.310. The predicted octanol–water partition coefficient (Wildman–Crippen LogP) is 5.32. The van der Waals surface area contributed by atoms with Gasteiger partial charge in [0.2, 0.25) is 0 Å². The van der Waals surface area contributed by atoms with E-state index in [1.807, 2.05) is 44.2 Å². The van der Waals surface area contributed by atoms with Gasteiger partial charge in [-0.25, -0.2) is 0 Å². The van der Waals surface area contributed by atoms with Crippen LogP contribution in [-0.4, -0.2) is 68.0 Å². The highest BCUT2D eigenvalue weighted by Gasteiger charge is 2.25. The van der Waals surface area contributed by atoms with Crippen molar-refractivity contribution in [1.29, 1.82) is 0 Å². The fourth-order valence-corrected chi connectivity index (χ4v) is 5.08. The van der Waals surface area contributed by atoms with Gasteiger partial charge >= 0.3 is 0 Å². The van der Waals surface area contributed by atoms with Crippen molar-refractivity contribution in [3.05, 3.63) is 86.9 Å². The number of nitro benzene ring substituents is 1. The van der Waals surface area contributed by atoms with E-state index in [1.165, 1.54) is 12.1 Å².